The Bertz CT molecular complexity index is 544. The van der Waals surface area contributed by atoms with Crippen molar-refractivity contribution in [1.82, 2.24) is 10.2 Å². The van der Waals surface area contributed by atoms with Crippen LogP contribution in [0, 0.1) is 11.8 Å². The van der Waals surface area contributed by atoms with Crippen LogP contribution in [-0.2, 0) is 17.9 Å². The molecule has 1 aliphatic heterocycles. The summed E-state index contributed by atoms with van der Waals surface area (Å²) in [4.78, 5) is 7.43. The van der Waals surface area contributed by atoms with E-state index in [0.717, 1.165) is 24.3 Å². The van der Waals surface area contributed by atoms with Crippen molar-refractivity contribution < 1.29 is 4.74 Å². The number of hydrogen-bond acceptors (Lipinski definition) is 2. The number of guanidine groups is 1. The van der Waals surface area contributed by atoms with Crippen molar-refractivity contribution in [1.29, 1.82) is 0 Å². The van der Waals surface area contributed by atoms with Crippen LogP contribution in [0.1, 0.15) is 43.7 Å². The molecular weight excluding hydrogens is 298 g/mol. The average Bonchev–Trinajstić information content (AvgIpc) is 3.04. The van der Waals surface area contributed by atoms with Gasteiger partial charge in [-0.25, -0.2) is 4.99 Å². The van der Waals surface area contributed by atoms with Crippen molar-refractivity contribution >= 4 is 5.96 Å². The molecule has 0 aromatic heterocycles. The largest absolute Gasteiger partial charge is 0.380 e. The minimum absolute atomic E-state index is 0.649. The smallest absolute Gasteiger partial charge is 0.194 e. The first-order valence-electron chi connectivity index (χ1n) is 9.40. The fourth-order valence-corrected chi connectivity index (χ4v) is 4.17. The number of rotatable bonds is 5. The molecule has 2 fully saturated rings. The normalized spacial score (nSPS) is 24.1. The number of likely N-dealkylation sites (tertiary alicyclic amines) is 1. The summed E-state index contributed by atoms with van der Waals surface area (Å²) in [6.45, 7) is 6.79. The molecule has 4 heteroatoms. The molecule has 1 saturated heterocycles. The molecule has 1 aliphatic carbocycles. The Hall–Kier alpha value is -1.55. The molecule has 2 atom stereocenters. The first-order valence-corrected chi connectivity index (χ1v) is 9.40. The summed E-state index contributed by atoms with van der Waals surface area (Å²) in [7, 11) is 1.75. The number of fused-ring (bicyclic) bond motifs is 1. The Morgan fingerprint density at radius 1 is 1.17 bits per heavy atom. The molecule has 1 aromatic carbocycles. The van der Waals surface area contributed by atoms with Crippen LogP contribution in [0.15, 0.2) is 29.3 Å². The van der Waals surface area contributed by atoms with Crippen molar-refractivity contribution in [3.05, 3.63) is 35.4 Å². The van der Waals surface area contributed by atoms with Gasteiger partial charge in [-0.3, -0.25) is 0 Å². The Morgan fingerprint density at radius 2 is 1.83 bits per heavy atom. The molecule has 1 N–H and O–H groups in total. The van der Waals surface area contributed by atoms with E-state index >= 15 is 0 Å². The van der Waals surface area contributed by atoms with Gasteiger partial charge in [-0.1, -0.05) is 37.1 Å². The Labute approximate surface area is 146 Å². The maximum absolute atomic E-state index is 5.31. The summed E-state index contributed by atoms with van der Waals surface area (Å²) in [6, 6.07) is 8.44. The van der Waals surface area contributed by atoms with Crippen molar-refractivity contribution in [3.63, 3.8) is 0 Å². The van der Waals surface area contributed by atoms with Crippen molar-refractivity contribution in [3.8, 4) is 0 Å². The van der Waals surface area contributed by atoms with Crippen LogP contribution >= 0.6 is 0 Å². The van der Waals surface area contributed by atoms with E-state index in [0.29, 0.717) is 13.2 Å². The van der Waals surface area contributed by atoms with Crippen LogP contribution in [0.3, 0.4) is 0 Å². The second-order valence-electron chi connectivity index (χ2n) is 7.08. The van der Waals surface area contributed by atoms with E-state index in [9.17, 15) is 0 Å². The third-order valence-corrected chi connectivity index (χ3v) is 5.43. The molecule has 0 spiro atoms. The zero-order valence-electron chi connectivity index (χ0n) is 15.1. The average molecular weight is 329 g/mol. The van der Waals surface area contributed by atoms with Crippen LogP contribution in [0.4, 0.5) is 0 Å². The highest BCUT2D eigenvalue weighted by atomic mass is 16.5. The summed E-state index contributed by atoms with van der Waals surface area (Å²) < 4.78 is 5.31. The summed E-state index contributed by atoms with van der Waals surface area (Å²) in [6.07, 6.45) is 5.62. The van der Waals surface area contributed by atoms with E-state index < -0.39 is 0 Å². The maximum atomic E-state index is 5.31. The lowest BCUT2D eigenvalue weighted by Crippen LogP contribution is -2.40. The summed E-state index contributed by atoms with van der Waals surface area (Å²) >= 11 is 0. The highest BCUT2D eigenvalue weighted by Gasteiger charge is 2.35. The molecule has 3 rings (SSSR count). The Kier molecular flexibility index (Phi) is 6.13. The lowest BCUT2D eigenvalue weighted by Gasteiger charge is -2.22. The zero-order valence-corrected chi connectivity index (χ0v) is 15.1. The number of nitrogens with one attached hydrogen (secondary N) is 1. The SMILES string of the molecule is CCNC(=NCc1ccccc1COC)N1CC2CCCCC2C1. The van der Waals surface area contributed by atoms with Gasteiger partial charge in [0, 0.05) is 26.7 Å². The molecule has 4 nitrogen and oxygen atoms in total. The fraction of sp³-hybridized carbons (Fsp3) is 0.650. The minimum Gasteiger partial charge on any atom is -0.380 e. The second-order valence-corrected chi connectivity index (χ2v) is 7.08. The number of benzene rings is 1. The van der Waals surface area contributed by atoms with Gasteiger partial charge in [0.1, 0.15) is 0 Å². The molecule has 2 unspecified atom stereocenters. The van der Waals surface area contributed by atoms with Crippen LogP contribution in [-0.4, -0.2) is 37.6 Å². The standard InChI is InChI=1S/C20H31N3O/c1-3-21-20(23-13-17-9-5-6-10-18(17)14-23)22-12-16-8-4-7-11-19(16)15-24-2/h4,7-8,11,17-18H,3,5-6,9-10,12-15H2,1-2H3,(H,21,22). The van der Waals surface area contributed by atoms with E-state index in [1.54, 1.807) is 7.11 Å². The molecule has 1 aromatic rings. The summed E-state index contributed by atoms with van der Waals surface area (Å²) in [5.74, 6) is 2.84. The maximum Gasteiger partial charge on any atom is 0.194 e. The summed E-state index contributed by atoms with van der Waals surface area (Å²) in [5, 5.41) is 3.50. The van der Waals surface area contributed by atoms with Crippen molar-refractivity contribution in [2.24, 2.45) is 16.8 Å². The molecular formula is C20H31N3O. The number of nitrogens with zero attached hydrogens (tertiary/aromatic N) is 2. The van der Waals surface area contributed by atoms with Gasteiger partial charge in [0.05, 0.1) is 13.2 Å². The van der Waals surface area contributed by atoms with E-state index in [1.807, 2.05) is 0 Å². The van der Waals surface area contributed by atoms with E-state index in [4.69, 9.17) is 9.73 Å². The van der Waals surface area contributed by atoms with Crippen LogP contribution in [0.25, 0.3) is 0 Å². The molecule has 1 saturated carbocycles. The van der Waals surface area contributed by atoms with Gasteiger partial charge in [0.25, 0.3) is 0 Å². The highest BCUT2D eigenvalue weighted by Crippen LogP contribution is 2.36. The van der Waals surface area contributed by atoms with E-state index in [2.05, 4.69) is 41.4 Å². The molecule has 2 aliphatic rings. The quantitative estimate of drug-likeness (QED) is 0.664. The van der Waals surface area contributed by atoms with Crippen molar-refractivity contribution in [2.75, 3.05) is 26.7 Å². The summed E-state index contributed by atoms with van der Waals surface area (Å²) in [5.41, 5.74) is 2.49. The predicted octanol–water partition coefficient (Wildman–Crippen LogP) is 3.42. The Balaban J connectivity index is 1.70. The van der Waals surface area contributed by atoms with Gasteiger partial charge in [-0.2, -0.15) is 0 Å². The molecule has 0 radical (unpaired) electrons. The number of aliphatic imine (C=N–C) groups is 1. The van der Waals surface area contributed by atoms with Gasteiger partial charge in [0.15, 0.2) is 5.96 Å². The predicted molar refractivity (Wildman–Crippen MR) is 99.0 cm³/mol. The first-order chi connectivity index (χ1) is 11.8. The van der Waals surface area contributed by atoms with Gasteiger partial charge in [-0.15, -0.1) is 0 Å². The second kappa shape index (κ2) is 8.52. The molecule has 1 heterocycles. The van der Waals surface area contributed by atoms with Gasteiger partial charge in [0.2, 0.25) is 0 Å². The number of hydrogen-bond donors (Lipinski definition) is 1. The Morgan fingerprint density at radius 3 is 2.46 bits per heavy atom. The molecule has 0 bridgehead atoms. The first kappa shape index (κ1) is 17.3. The molecule has 132 valence electrons. The topological polar surface area (TPSA) is 36.9 Å². The molecule has 24 heavy (non-hydrogen) atoms. The van der Waals surface area contributed by atoms with Gasteiger partial charge >= 0.3 is 0 Å². The van der Waals surface area contributed by atoms with Crippen LogP contribution in [0.5, 0.6) is 0 Å². The molecule has 0 amide bonds. The van der Waals surface area contributed by atoms with Crippen LogP contribution < -0.4 is 5.32 Å². The van der Waals surface area contributed by atoms with Gasteiger partial charge in [-0.05, 0) is 42.7 Å². The third-order valence-electron chi connectivity index (χ3n) is 5.43. The third kappa shape index (κ3) is 4.10. The van der Waals surface area contributed by atoms with E-state index in [-0.39, 0.29) is 0 Å². The lowest BCUT2D eigenvalue weighted by atomic mass is 9.82. The van der Waals surface area contributed by atoms with Crippen molar-refractivity contribution in [2.45, 2.75) is 45.8 Å². The van der Waals surface area contributed by atoms with Gasteiger partial charge < -0.3 is 15.0 Å². The van der Waals surface area contributed by atoms with Crippen LogP contribution in [0.2, 0.25) is 0 Å². The monoisotopic (exact) mass is 329 g/mol. The zero-order chi connectivity index (χ0) is 16.8. The number of methoxy groups -OCH3 is 1. The lowest BCUT2D eigenvalue weighted by molar-refractivity contribution is 0.184. The number of ether oxygens (including phenoxy) is 1. The highest BCUT2D eigenvalue weighted by molar-refractivity contribution is 5.80. The minimum atomic E-state index is 0.649. The van der Waals surface area contributed by atoms with E-state index in [1.165, 1.54) is 49.9 Å². The fourth-order valence-electron chi connectivity index (χ4n) is 4.17.